The molecule has 1 amide bonds. The maximum Gasteiger partial charge on any atom is 0.335 e. The molecule has 6 N–H and O–H groups in total. The van der Waals surface area contributed by atoms with Gasteiger partial charge in [-0.1, -0.05) is 0 Å². The summed E-state index contributed by atoms with van der Waals surface area (Å²) >= 11 is 0. The number of hydrogen-bond acceptors (Lipinski definition) is 7. The van der Waals surface area contributed by atoms with Gasteiger partial charge in [0.1, 0.15) is 24.4 Å². The third-order valence-corrected chi connectivity index (χ3v) is 3.74. The Balaban J connectivity index is 2.19. The van der Waals surface area contributed by atoms with Gasteiger partial charge in [0.15, 0.2) is 6.23 Å². The molecule has 2 rings (SSSR count). The standard InChI is InChI=1S/C15H20N2O7/c1-7(19)16-11-13(21)12(20)10(6-18)24-14(11)17-9-4-2-8(3-5-9)15(22)23/h2-5,10-14,17-18,20-21H,6H2,1H3,(H,16,19)(H,22,23)/t10-,11+,12-,13+,14-/m1/s1. The minimum Gasteiger partial charge on any atom is -0.478 e. The van der Waals surface area contributed by atoms with E-state index in [9.17, 15) is 24.9 Å². The van der Waals surface area contributed by atoms with E-state index in [0.29, 0.717) is 5.69 Å². The van der Waals surface area contributed by atoms with Crippen LogP contribution in [0.4, 0.5) is 5.69 Å². The van der Waals surface area contributed by atoms with Crippen molar-refractivity contribution in [3.8, 4) is 0 Å². The monoisotopic (exact) mass is 340 g/mol. The number of anilines is 1. The molecule has 0 spiro atoms. The minimum absolute atomic E-state index is 0.104. The summed E-state index contributed by atoms with van der Waals surface area (Å²) < 4.78 is 5.51. The van der Waals surface area contributed by atoms with E-state index in [1.807, 2.05) is 0 Å². The predicted molar refractivity (Wildman–Crippen MR) is 82.4 cm³/mol. The molecule has 1 fully saturated rings. The van der Waals surface area contributed by atoms with E-state index in [-0.39, 0.29) is 5.56 Å². The van der Waals surface area contributed by atoms with Gasteiger partial charge in [-0.2, -0.15) is 0 Å². The highest BCUT2D eigenvalue weighted by Gasteiger charge is 2.44. The molecule has 1 heterocycles. The van der Waals surface area contributed by atoms with Gasteiger partial charge in [-0.3, -0.25) is 4.79 Å². The van der Waals surface area contributed by atoms with Crippen molar-refractivity contribution in [1.82, 2.24) is 5.32 Å². The Morgan fingerprint density at radius 1 is 1.17 bits per heavy atom. The van der Waals surface area contributed by atoms with Gasteiger partial charge in [0.2, 0.25) is 5.91 Å². The number of hydrogen-bond donors (Lipinski definition) is 6. The van der Waals surface area contributed by atoms with E-state index >= 15 is 0 Å². The summed E-state index contributed by atoms with van der Waals surface area (Å²) in [6, 6.07) is 4.82. The normalized spacial score (nSPS) is 29.8. The number of carbonyl (C=O) groups excluding carboxylic acids is 1. The van der Waals surface area contributed by atoms with Crippen molar-refractivity contribution < 1.29 is 34.8 Å². The number of amides is 1. The Morgan fingerprint density at radius 3 is 2.29 bits per heavy atom. The van der Waals surface area contributed by atoms with Crippen molar-refractivity contribution in [3.05, 3.63) is 29.8 Å². The summed E-state index contributed by atoms with van der Waals surface area (Å²) in [5.74, 6) is -1.49. The molecule has 0 radical (unpaired) electrons. The fourth-order valence-corrected chi connectivity index (χ4v) is 2.51. The van der Waals surface area contributed by atoms with Crippen LogP contribution in [0.2, 0.25) is 0 Å². The van der Waals surface area contributed by atoms with Crippen LogP contribution in [0.1, 0.15) is 17.3 Å². The molecule has 132 valence electrons. The van der Waals surface area contributed by atoms with Crippen LogP contribution in [0.3, 0.4) is 0 Å². The van der Waals surface area contributed by atoms with Crippen molar-refractivity contribution in [3.63, 3.8) is 0 Å². The van der Waals surface area contributed by atoms with Gasteiger partial charge < -0.3 is 35.8 Å². The van der Waals surface area contributed by atoms with Crippen molar-refractivity contribution in [2.75, 3.05) is 11.9 Å². The maximum absolute atomic E-state index is 11.3. The van der Waals surface area contributed by atoms with Crippen LogP contribution in [0.25, 0.3) is 0 Å². The van der Waals surface area contributed by atoms with Crippen LogP contribution in [-0.2, 0) is 9.53 Å². The maximum atomic E-state index is 11.3. The van der Waals surface area contributed by atoms with Crippen molar-refractivity contribution in [2.24, 2.45) is 0 Å². The first-order valence-electron chi connectivity index (χ1n) is 7.33. The van der Waals surface area contributed by atoms with Crippen molar-refractivity contribution in [1.29, 1.82) is 0 Å². The quantitative estimate of drug-likeness (QED) is 0.389. The lowest BCUT2D eigenvalue weighted by molar-refractivity contribution is -0.188. The second kappa shape index (κ2) is 7.58. The fraction of sp³-hybridized carbons (Fsp3) is 0.467. The molecule has 0 saturated carbocycles. The van der Waals surface area contributed by atoms with Gasteiger partial charge in [-0.05, 0) is 24.3 Å². The minimum atomic E-state index is -1.36. The first-order valence-corrected chi connectivity index (χ1v) is 7.33. The second-order valence-electron chi connectivity index (χ2n) is 5.51. The van der Waals surface area contributed by atoms with Crippen LogP contribution < -0.4 is 10.6 Å². The first kappa shape index (κ1) is 18.1. The second-order valence-corrected chi connectivity index (χ2v) is 5.51. The van der Waals surface area contributed by atoms with Crippen LogP contribution >= 0.6 is 0 Å². The lowest BCUT2D eigenvalue weighted by Gasteiger charge is -2.43. The van der Waals surface area contributed by atoms with Gasteiger partial charge >= 0.3 is 5.97 Å². The molecule has 5 atom stereocenters. The van der Waals surface area contributed by atoms with Crippen LogP contribution in [0.5, 0.6) is 0 Å². The number of aliphatic hydroxyl groups is 3. The van der Waals surface area contributed by atoms with E-state index in [0.717, 1.165) is 0 Å². The van der Waals surface area contributed by atoms with Gasteiger partial charge in [0.05, 0.1) is 12.2 Å². The lowest BCUT2D eigenvalue weighted by Crippen LogP contribution is -2.65. The van der Waals surface area contributed by atoms with Gasteiger partial charge in [-0.15, -0.1) is 0 Å². The predicted octanol–water partition coefficient (Wildman–Crippen LogP) is -1.26. The molecule has 24 heavy (non-hydrogen) atoms. The molecular formula is C15H20N2O7. The highest BCUT2D eigenvalue weighted by atomic mass is 16.5. The third kappa shape index (κ3) is 4.01. The number of ether oxygens (including phenoxy) is 1. The Labute approximate surface area is 137 Å². The number of rotatable bonds is 5. The number of carbonyl (C=O) groups is 2. The van der Waals surface area contributed by atoms with E-state index in [1.165, 1.54) is 31.2 Å². The average molecular weight is 340 g/mol. The summed E-state index contributed by atoms with van der Waals surface area (Å²) in [6.07, 6.45) is -4.67. The number of nitrogens with one attached hydrogen (secondary N) is 2. The molecule has 9 nitrogen and oxygen atoms in total. The molecular weight excluding hydrogens is 320 g/mol. The Kier molecular flexibility index (Phi) is 5.73. The summed E-state index contributed by atoms with van der Waals surface area (Å²) in [4.78, 5) is 22.2. The van der Waals surface area contributed by atoms with Crippen LogP contribution in [0, 0.1) is 0 Å². The van der Waals surface area contributed by atoms with Crippen LogP contribution in [0.15, 0.2) is 24.3 Å². The van der Waals surface area contributed by atoms with Gasteiger partial charge in [0.25, 0.3) is 0 Å². The summed E-state index contributed by atoms with van der Waals surface area (Å²) in [6.45, 7) is 0.747. The number of carboxylic acids is 1. The molecule has 0 aliphatic carbocycles. The molecule has 1 aromatic carbocycles. The Hall–Kier alpha value is -2.20. The topological polar surface area (TPSA) is 148 Å². The van der Waals surface area contributed by atoms with Gasteiger partial charge in [-0.25, -0.2) is 4.79 Å². The van der Waals surface area contributed by atoms with Gasteiger partial charge in [0, 0.05) is 12.6 Å². The molecule has 1 aromatic rings. The zero-order valence-corrected chi connectivity index (χ0v) is 12.9. The molecule has 9 heteroatoms. The number of benzene rings is 1. The lowest BCUT2D eigenvalue weighted by atomic mass is 9.95. The molecule has 0 aromatic heterocycles. The number of aliphatic hydroxyl groups excluding tert-OH is 3. The van der Waals surface area contributed by atoms with E-state index in [1.54, 1.807) is 0 Å². The summed E-state index contributed by atoms with van der Waals surface area (Å²) in [5, 5.41) is 43.6. The van der Waals surface area contributed by atoms with Crippen LogP contribution in [-0.4, -0.2) is 69.5 Å². The molecule has 1 saturated heterocycles. The molecule has 0 unspecified atom stereocenters. The zero-order chi connectivity index (χ0) is 17.9. The Bertz CT molecular complexity index is 592. The average Bonchev–Trinajstić information content (AvgIpc) is 2.54. The SMILES string of the molecule is CC(=O)N[C@H]1[C@H](O)[C@H](O)[C@@H](CO)O[C@H]1Nc1ccc(C(=O)O)cc1. The third-order valence-electron chi connectivity index (χ3n) is 3.74. The number of carboxylic acid groups (broad SMARTS) is 1. The highest BCUT2D eigenvalue weighted by Crippen LogP contribution is 2.23. The van der Waals surface area contributed by atoms with Crippen molar-refractivity contribution in [2.45, 2.75) is 37.5 Å². The number of aromatic carboxylic acids is 1. The molecule has 1 aliphatic heterocycles. The Morgan fingerprint density at radius 2 is 1.79 bits per heavy atom. The zero-order valence-electron chi connectivity index (χ0n) is 12.9. The van der Waals surface area contributed by atoms with E-state index in [2.05, 4.69) is 10.6 Å². The molecule has 0 bridgehead atoms. The van der Waals surface area contributed by atoms with E-state index in [4.69, 9.17) is 9.84 Å². The summed E-state index contributed by atoms with van der Waals surface area (Å²) in [5.41, 5.74) is 0.591. The largest absolute Gasteiger partial charge is 0.478 e. The first-order chi connectivity index (χ1) is 11.3. The fourth-order valence-electron chi connectivity index (χ4n) is 2.51. The smallest absolute Gasteiger partial charge is 0.335 e. The van der Waals surface area contributed by atoms with Crippen molar-refractivity contribution >= 4 is 17.6 Å². The highest BCUT2D eigenvalue weighted by molar-refractivity contribution is 5.88. The van der Waals surface area contributed by atoms with E-state index < -0.39 is 49.1 Å². The molecule has 1 aliphatic rings. The summed E-state index contributed by atoms with van der Waals surface area (Å²) in [7, 11) is 0.